The Morgan fingerprint density at radius 1 is 1.37 bits per heavy atom. The Balaban J connectivity index is 2.55. The van der Waals surface area contributed by atoms with Crippen molar-refractivity contribution in [2.75, 3.05) is 26.1 Å². The third kappa shape index (κ3) is 4.51. The van der Waals surface area contributed by atoms with E-state index in [1.165, 1.54) is 25.6 Å². The summed E-state index contributed by atoms with van der Waals surface area (Å²) in [5, 5.41) is 5.51. The highest BCUT2D eigenvalue weighted by atomic mass is 32.1. The van der Waals surface area contributed by atoms with E-state index in [0.29, 0.717) is 17.4 Å². The van der Waals surface area contributed by atoms with Gasteiger partial charge in [-0.15, -0.1) is 11.3 Å². The lowest BCUT2D eigenvalue weighted by Crippen LogP contribution is -2.33. The molecule has 0 aromatic carbocycles. The fraction of sp³-hybridized carbons (Fsp3) is 0.583. The van der Waals surface area contributed by atoms with E-state index in [9.17, 15) is 9.59 Å². The smallest absolute Gasteiger partial charge is 0.313 e. The Morgan fingerprint density at radius 2 is 2.05 bits per heavy atom. The number of carbonyl (C=O) groups is 2. The van der Waals surface area contributed by atoms with E-state index >= 15 is 0 Å². The maximum Gasteiger partial charge on any atom is 0.313 e. The van der Waals surface area contributed by atoms with Crippen molar-refractivity contribution in [1.29, 1.82) is 0 Å². The molecular formula is C12H18N2O4S. The SMILES string of the molecule is COC(=O)Cc1csc(NCC(C)(C)C(=O)OC)n1. The number of methoxy groups -OCH3 is 2. The van der Waals surface area contributed by atoms with Crippen LogP contribution in [0.5, 0.6) is 0 Å². The number of thiazole rings is 1. The number of nitrogens with one attached hydrogen (secondary N) is 1. The first-order valence-electron chi connectivity index (χ1n) is 5.72. The molecule has 106 valence electrons. The summed E-state index contributed by atoms with van der Waals surface area (Å²) in [5.74, 6) is -0.613. The molecule has 1 aromatic heterocycles. The molecule has 0 fully saturated rings. The highest BCUT2D eigenvalue weighted by Crippen LogP contribution is 2.21. The van der Waals surface area contributed by atoms with Gasteiger partial charge >= 0.3 is 11.9 Å². The zero-order valence-corrected chi connectivity index (χ0v) is 12.3. The van der Waals surface area contributed by atoms with Crippen molar-refractivity contribution >= 4 is 28.4 Å². The van der Waals surface area contributed by atoms with Crippen LogP contribution in [0.15, 0.2) is 5.38 Å². The van der Waals surface area contributed by atoms with Gasteiger partial charge in [-0.3, -0.25) is 9.59 Å². The van der Waals surface area contributed by atoms with Gasteiger partial charge in [0.05, 0.1) is 31.7 Å². The van der Waals surface area contributed by atoms with E-state index in [4.69, 9.17) is 4.74 Å². The van der Waals surface area contributed by atoms with Crippen molar-refractivity contribution in [2.24, 2.45) is 5.41 Å². The summed E-state index contributed by atoms with van der Waals surface area (Å²) < 4.78 is 9.29. The molecule has 0 radical (unpaired) electrons. The molecule has 0 aliphatic heterocycles. The van der Waals surface area contributed by atoms with Gasteiger partial charge in [-0.2, -0.15) is 0 Å². The van der Waals surface area contributed by atoms with Crippen molar-refractivity contribution in [2.45, 2.75) is 20.3 Å². The maximum atomic E-state index is 11.5. The number of ether oxygens (including phenoxy) is 2. The second-order valence-corrected chi connectivity index (χ2v) is 5.48. The number of carbonyl (C=O) groups excluding carboxylic acids is 2. The summed E-state index contributed by atoms with van der Waals surface area (Å²) in [6.45, 7) is 3.98. The standard InChI is InChI=1S/C12H18N2O4S/c1-12(2,10(16)18-4)7-13-11-14-8(6-19-11)5-9(15)17-3/h6H,5,7H2,1-4H3,(H,13,14). The molecule has 0 spiro atoms. The zero-order valence-electron chi connectivity index (χ0n) is 11.5. The number of esters is 2. The largest absolute Gasteiger partial charge is 0.469 e. The molecule has 1 N–H and O–H groups in total. The van der Waals surface area contributed by atoms with Crippen molar-refractivity contribution in [1.82, 2.24) is 4.98 Å². The molecule has 1 heterocycles. The minimum atomic E-state index is -0.636. The summed E-state index contributed by atoms with van der Waals surface area (Å²) in [7, 11) is 2.70. The first kappa shape index (κ1) is 15.4. The fourth-order valence-electron chi connectivity index (χ4n) is 1.33. The lowest BCUT2D eigenvalue weighted by atomic mass is 9.94. The van der Waals surface area contributed by atoms with Gasteiger partial charge in [-0.05, 0) is 13.8 Å². The molecule has 0 aliphatic rings. The average Bonchev–Trinajstić information content (AvgIpc) is 2.82. The minimum absolute atomic E-state index is 0.148. The third-order valence-electron chi connectivity index (χ3n) is 2.52. The molecule has 0 atom stereocenters. The van der Waals surface area contributed by atoms with Crippen LogP contribution < -0.4 is 5.32 Å². The third-order valence-corrected chi connectivity index (χ3v) is 3.37. The summed E-state index contributed by atoms with van der Waals surface area (Å²) in [4.78, 5) is 26.8. The van der Waals surface area contributed by atoms with E-state index in [2.05, 4.69) is 15.0 Å². The Kier molecular flexibility index (Phi) is 5.29. The molecule has 7 heteroatoms. The normalized spacial score (nSPS) is 10.9. The second-order valence-electron chi connectivity index (χ2n) is 4.63. The predicted molar refractivity (Wildman–Crippen MR) is 72.1 cm³/mol. The van der Waals surface area contributed by atoms with Gasteiger partial charge < -0.3 is 14.8 Å². The molecule has 1 rings (SSSR count). The molecule has 0 bridgehead atoms. The van der Waals surface area contributed by atoms with Crippen LogP contribution in [0.2, 0.25) is 0 Å². The minimum Gasteiger partial charge on any atom is -0.469 e. The molecule has 0 aliphatic carbocycles. The van der Waals surface area contributed by atoms with Gasteiger partial charge in [0.1, 0.15) is 0 Å². The van der Waals surface area contributed by atoms with Crippen molar-refractivity contribution in [3.05, 3.63) is 11.1 Å². The molecule has 0 unspecified atom stereocenters. The summed E-state index contributed by atoms with van der Waals surface area (Å²) >= 11 is 1.38. The van der Waals surface area contributed by atoms with Crippen molar-refractivity contribution in [3.8, 4) is 0 Å². The number of hydrogen-bond donors (Lipinski definition) is 1. The molecule has 19 heavy (non-hydrogen) atoms. The van der Waals surface area contributed by atoms with Gasteiger partial charge in [0.2, 0.25) is 0 Å². The van der Waals surface area contributed by atoms with Gasteiger partial charge in [-0.1, -0.05) is 0 Å². The predicted octanol–water partition coefficient (Wildman–Crippen LogP) is 1.47. The topological polar surface area (TPSA) is 77.5 Å². The van der Waals surface area contributed by atoms with Crippen LogP contribution in [0.25, 0.3) is 0 Å². The van der Waals surface area contributed by atoms with Crippen LogP contribution in [0.4, 0.5) is 5.13 Å². The zero-order chi connectivity index (χ0) is 14.5. The second kappa shape index (κ2) is 6.51. The molecule has 0 saturated carbocycles. The van der Waals surface area contributed by atoms with Crippen molar-refractivity contribution in [3.63, 3.8) is 0 Å². The van der Waals surface area contributed by atoms with Crippen LogP contribution in [-0.2, 0) is 25.5 Å². The Labute approximate surface area is 116 Å². The summed E-state index contributed by atoms with van der Waals surface area (Å²) in [6, 6.07) is 0. The lowest BCUT2D eigenvalue weighted by molar-refractivity contribution is -0.149. The van der Waals surface area contributed by atoms with E-state index in [1.807, 2.05) is 0 Å². The van der Waals surface area contributed by atoms with E-state index < -0.39 is 5.41 Å². The maximum absolute atomic E-state index is 11.5. The number of aromatic nitrogens is 1. The first-order chi connectivity index (χ1) is 8.89. The molecule has 0 saturated heterocycles. The number of anilines is 1. The van der Waals surface area contributed by atoms with Gasteiger partial charge in [-0.25, -0.2) is 4.98 Å². The summed E-state index contributed by atoms with van der Waals surface area (Å²) in [6.07, 6.45) is 0.148. The van der Waals surface area contributed by atoms with Crippen molar-refractivity contribution < 1.29 is 19.1 Å². The Hall–Kier alpha value is -1.63. The molecule has 6 nitrogen and oxygen atoms in total. The van der Waals surface area contributed by atoms with Crippen LogP contribution in [0, 0.1) is 5.41 Å². The number of nitrogens with zero attached hydrogens (tertiary/aromatic N) is 1. The number of rotatable bonds is 6. The molecule has 0 amide bonds. The first-order valence-corrected chi connectivity index (χ1v) is 6.60. The van der Waals surface area contributed by atoms with Crippen LogP contribution >= 0.6 is 11.3 Å². The van der Waals surface area contributed by atoms with E-state index in [0.717, 1.165) is 0 Å². The highest BCUT2D eigenvalue weighted by Gasteiger charge is 2.28. The van der Waals surface area contributed by atoms with E-state index in [-0.39, 0.29) is 18.4 Å². The monoisotopic (exact) mass is 286 g/mol. The van der Waals surface area contributed by atoms with Gasteiger partial charge in [0.25, 0.3) is 0 Å². The fourth-order valence-corrected chi connectivity index (χ4v) is 2.04. The van der Waals surface area contributed by atoms with Crippen LogP contribution in [-0.4, -0.2) is 37.7 Å². The lowest BCUT2D eigenvalue weighted by Gasteiger charge is -2.21. The molecule has 1 aromatic rings. The quantitative estimate of drug-likeness (QED) is 0.798. The van der Waals surface area contributed by atoms with E-state index in [1.54, 1.807) is 19.2 Å². The Bertz CT molecular complexity index is 456. The van der Waals surface area contributed by atoms with Crippen LogP contribution in [0.3, 0.4) is 0 Å². The Morgan fingerprint density at radius 3 is 2.63 bits per heavy atom. The molecular weight excluding hydrogens is 268 g/mol. The summed E-state index contributed by atoms with van der Waals surface area (Å²) in [5.41, 5.74) is 0.0124. The average molecular weight is 286 g/mol. The van der Waals surface area contributed by atoms with Gasteiger partial charge in [0.15, 0.2) is 5.13 Å². The number of hydrogen-bond acceptors (Lipinski definition) is 7. The van der Waals surface area contributed by atoms with Gasteiger partial charge in [0, 0.05) is 11.9 Å². The highest BCUT2D eigenvalue weighted by molar-refractivity contribution is 7.13. The van der Waals surface area contributed by atoms with Crippen LogP contribution in [0.1, 0.15) is 19.5 Å².